The second-order valence-electron chi connectivity index (χ2n) is 5.65. The molecule has 1 atom stereocenters. The number of nitrogens with one attached hydrogen (secondary N) is 1. The van der Waals surface area contributed by atoms with Crippen LogP contribution < -0.4 is 14.8 Å². The van der Waals surface area contributed by atoms with Crippen molar-refractivity contribution in [1.29, 1.82) is 0 Å². The van der Waals surface area contributed by atoms with E-state index in [9.17, 15) is 14.4 Å². The van der Waals surface area contributed by atoms with Gasteiger partial charge in [-0.05, 0) is 24.6 Å². The van der Waals surface area contributed by atoms with E-state index in [2.05, 4.69) is 5.32 Å². The number of esters is 2. The van der Waals surface area contributed by atoms with Gasteiger partial charge < -0.3 is 14.8 Å². The molecule has 0 heterocycles. The molecule has 0 saturated heterocycles. The van der Waals surface area contributed by atoms with E-state index in [0.29, 0.717) is 12.1 Å². The first-order valence-corrected chi connectivity index (χ1v) is 7.44. The number of benzene rings is 1. The van der Waals surface area contributed by atoms with Crippen molar-refractivity contribution in [1.82, 2.24) is 5.32 Å². The largest absolute Gasteiger partial charge is 0.427 e. The minimum absolute atomic E-state index is 0.0353. The van der Waals surface area contributed by atoms with Gasteiger partial charge in [0.1, 0.15) is 17.3 Å². The third-order valence-electron chi connectivity index (χ3n) is 3.05. The van der Waals surface area contributed by atoms with E-state index >= 15 is 0 Å². The number of Topliss-reactive ketones (excluding diaryl/α,β-unsaturated/α-hetero) is 1. The molecule has 0 amide bonds. The maximum Gasteiger partial charge on any atom is 0.308 e. The van der Waals surface area contributed by atoms with Crippen LogP contribution in [-0.4, -0.2) is 30.3 Å². The second kappa shape index (κ2) is 8.43. The fourth-order valence-electron chi connectivity index (χ4n) is 2.09. The van der Waals surface area contributed by atoms with Gasteiger partial charge in [-0.3, -0.25) is 14.4 Å². The molecule has 0 spiro atoms. The van der Waals surface area contributed by atoms with Gasteiger partial charge in [0.2, 0.25) is 0 Å². The van der Waals surface area contributed by atoms with Crippen LogP contribution in [0.1, 0.15) is 46.1 Å². The summed E-state index contributed by atoms with van der Waals surface area (Å²) in [7, 11) is 0. The molecule has 1 unspecified atom stereocenters. The fraction of sp³-hybridized carbons (Fsp3) is 0.471. The molecule has 1 rings (SSSR count). The molecule has 0 aliphatic carbocycles. The lowest BCUT2D eigenvalue weighted by Crippen LogP contribution is -2.30. The predicted octanol–water partition coefficient (Wildman–Crippen LogP) is 2.21. The van der Waals surface area contributed by atoms with Gasteiger partial charge in [0.25, 0.3) is 0 Å². The predicted molar refractivity (Wildman–Crippen MR) is 85.6 cm³/mol. The molecule has 1 aromatic rings. The zero-order valence-corrected chi connectivity index (χ0v) is 14.1. The molecule has 0 radical (unpaired) electrons. The van der Waals surface area contributed by atoms with E-state index in [1.807, 2.05) is 13.8 Å². The Morgan fingerprint density at radius 1 is 0.957 bits per heavy atom. The summed E-state index contributed by atoms with van der Waals surface area (Å²) in [4.78, 5) is 34.3. The minimum Gasteiger partial charge on any atom is -0.427 e. The molecule has 0 fully saturated rings. The van der Waals surface area contributed by atoms with Gasteiger partial charge >= 0.3 is 11.9 Å². The minimum atomic E-state index is -0.490. The van der Waals surface area contributed by atoms with Crippen molar-refractivity contribution >= 4 is 17.7 Å². The molecule has 6 heteroatoms. The van der Waals surface area contributed by atoms with Crippen LogP contribution >= 0.6 is 0 Å². The molecule has 126 valence electrons. The third-order valence-corrected chi connectivity index (χ3v) is 3.05. The maximum absolute atomic E-state index is 12.0. The summed E-state index contributed by atoms with van der Waals surface area (Å²) in [6.45, 7) is 8.46. The Balaban J connectivity index is 3.20. The Bertz CT molecular complexity index is 560. The number of carbonyl (C=O) groups is 3. The summed E-state index contributed by atoms with van der Waals surface area (Å²) in [5.74, 6) is -0.968. The van der Waals surface area contributed by atoms with Crippen molar-refractivity contribution in [3.8, 4) is 11.5 Å². The lowest BCUT2D eigenvalue weighted by atomic mass is 9.94. The van der Waals surface area contributed by atoms with Crippen LogP contribution in [0, 0.1) is 0 Å². The van der Waals surface area contributed by atoms with Crippen LogP contribution in [-0.2, 0) is 14.4 Å². The van der Waals surface area contributed by atoms with E-state index in [1.54, 1.807) is 12.1 Å². The fourth-order valence-corrected chi connectivity index (χ4v) is 2.09. The maximum atomic E-state index is 12.0. The van der Waals surface area contributed by atoms with Gasteiger partial charge in [0.05, 0.1) is 5.92 Å². The van der Waals surface area contributed by atoms with Crippen molar-refractivity contribution < 1.29 is 23.9 Å². The molecule has 0 saturated carbocycles. The van der Waals surface area contributed by atoms with Gasteiger partial charge in [0, 0.05) is 32.5 Å². The average molecular weight is 321 g/mol. The highest BCUT2D eigenvalue weighted by Crippen LogP contribution is 2.28. The number of ether oxygens (including phenoxy) is 2. The molecule has 0 bridgehead atoms. The van der Waals surface area contributed by atoms with Gasteiger partial charge in [0.15, 0.2) is 0 Å². The van der Waals surface area contributed by atoms with Gasteiger partial charge in [-0.2, -0.15) is 0 Å². The summed E-state index contributed by atoms with van der Waals surface area (Å²) >= 11 is 0. The zero-order chi connectivity index (χ0) is 17.6. The van der Waals surface area contributed by atoms with E-state index in [1.165, 1.54) is 26.8 Å². The Kier molecular flexibility index (Phi) is 6.90. The monoisotopic (exact) mass is 321 g/mol. The summed E-state index contributed by atoms with van der Waals surface area (Å²) < 4.78 is 10.1. The van der Waals surface area contributed by atoms with Crippen LogP contribution in [0.3, 0.4) is 0 Å². The third kappa shape index (κ3) is 6.61. The SMILES string of the molecule is CC(=O)Oc1cc(OC(C)=O)cc(C(CNC(C)C)C(C)=O)c1. The van der Waals surface area contributed by atoms with Crippen LogP contribution in [0.5, 0.6) is 11.5 Å². The summed E-state index contributed by atoms with van der Waals surface area (Å²) in [5.41, 5.74) is 0.626. The van der Waals surface area contributed by atoms with Crippen LogP contribution in [0.15, 0.2) is 18.2 Å². The smallest absolute Gasteiger partial charge is 0.308 e. The highest BCUT2D eigenvalue weighted by Gasteiger charge is 2.20. The molecule has 0 aromatic heterocycles. The highest BCUT2D eigenvalue weighted by atomic mass is 16.5. The number of carbonyl (C=O) groups excluding carboxylic acids is 3. The van der Waals surface area contributed by atoms with E-state index in [4.69, 9.17) is 9.47 Å². The highest BCUT2D eigenvalue weighted by molar-refractivity contribution is 5.84. The molecule has 23 heavy (non-hydrogen) atoms. The second-order valence-corrected chi connectivity index (χ2v) is 5.65. The van der Waals surface area contributed by atoms with Gasteiger partial charge in [-0.15, -0.1) is 0 Å². The van der Waals surface area contributed by atoms with E-state index in [0.717, 1.165) is 0 Å². The van der Waals surface area contributed by atoms with Crippen molar-refractivity contribution in [3.05, 3.63) is 23.8 Å². The normalized spacial score (nSPS) is 11.9. The number of ketones is 1. The van der Waals surface area contributed by atoms with Gasteiger partial charge in [-0.1, -0.05) is 13.8 Å². The molecule has 1 N–H and O–H groups in total. The van der Waals surface area contributed by atoms with Crippen molar-refractivity contribution in [2.24, 2.45) is 0 Å². The number of hydrogen-bond acceptors (Lipinski definition) is 6. The Morgan fingerprint density at radius 3 is 1.78 bits per heavy atom. The Labute approximate surface area is 136 Å². The molecular formula is C17H23NO5. The molecule has 0 aliphatic heterocycles. The first-order valence-electron chi connectivity index (χ1n) is 7.44. The molecule has 6 nitrogen and oxygen atoms in total. The first-order chi connectivity index (χ1) is 10.7. The topological polar surface area (TPSA) is 81.7 Å². The zero-order valence-electron chi connectivity index (χ0n) is 14.1. The summed E-state index contributed by atoms with van der Waals surface area (Å²) in [5, 5.41) is 3.21. The Hall–Kier alpha value is -2.21. The van der Waals surface area contributed by atoms with E-state index in [-0.39, 0.29) is 23.3 Å². The molecular weight excluding hydrogens is 298 g/mol. The van der Waals surface area contributed by atoms with Gasteiger partial charge in [-0.25, -0.2) is 0 Å². The number of hydrogen-bond donors (Lipinski definition) is 1. The lowest BCUT2D eigenvalue weighted by molar-refractivity contribution is -0.132. The van der Waals surface area contributed by atoms with Crippen LogP contribution in [0.2, 0.25) is 0 Å². The lowest BCUT2D eigenvalue weighted by Gasteiger charge is -2.18. The average Bonchev–Trinajstić information content (AvgIpc) is 2.35. The van der Waals surface area contributed by atoms with Crippen molar-refractivity contribution in [3.63, 3.8) is 0 Å². The first kappa shape index (κ1) is 18.8. The molecule has 0 aliphatic rings. The van der Waals surface area contributed by atoms with Crippen LogP contribution in [0.25, 0.3) is 0 Å². The Morgan fingerprint density at radius 2 is 1.43 bits per heavy atom. The van der Waals surface area contributed by atoms with Crippen molar-refractivity contribution in [2.45, 2.75) is 46.6 Å². The number of rotatable bonds is 7. The standard InChI is InChI=1S/C17H23NO5/c1-10(2)18-9-17(11(3)19)14-6-15(22-12(4)20)8-16(7-14)23-13(5)21/h6-8,10,17-18H,9H2,1-5H3. The molecule has 1 aromatic carbocycles. The quantitative estimate of drug-likeness (QED) is 0.612. The van der Waals surface area contributed by atoms with E-state index < -0.39 is 17.9 Å². The van der Waals surface area contributed by atoms with Crippen LogP contribution in [0.4, 0.5) is 0 Å². The summed E-state index contributed by atoms with van der Waals surface area (Å²) in [6, 6.07) is 4.89. The summed E-state index contributed by atoms with van der Waals surface area (Å²) in [6.07, 6.45) is 0. The van der Waals surface area contributed by atoms with Crippen molar-refractivity contribution in [2.75, 3.05) is 6.54 Å².